The molecular formula is C63H59F2N7O6. The van der Waals surface area contributed by atoms with Crippen LogP contribution in [-0.4, -0.2) is 62.9 Å². The number of anilines is 2. The highest BCUT2D eigenvalue weighted by atomic mass is 19.1. The number of amides is 4. The Morgan fingerprint density at radius 2 is 1.21 bits per heavy atom. The standard InChI is InChI=1S/C63H59F2N7O6/c1-7-63(72-59(74)43-16-10-14-41(29-43)46-30-48-52(32-50(46)69-8-2)77-56(54(48)60(75)67-5)38-17-21-44(64)22-18-38)26-11-12-37(34-63)25-27-70-51-33-53-49(55(61(76)68-6)57(78-53)39-19-23-45(65)24-20-39)31-47(51)40-13-9-15-42(28-40)58(73)71-36-62(3,4)35-66/h1,9-10,13-24,28-33,37,69-70H,8,11-12,25-27,34,36H2,2-6H3,(H,67,75)(H,68,76)(H,71,73)(H,72,74). The van der Waals surface area contributed by atoms with E-state index in [-0.39, 0.29) is 41.5 Å². The van der Waals surface area contributed by atoms with Gasteiger partial charge in [0.15, 0.2) is 0 Å². The first-order valence-electron chi connectivity index (χ1n) is 25.9. The van der Waals surface area contributed by atoms with Crippen LogP contribution in [-0.2, 0) is 0 Å². The fourth-order valence-corrected chi connectivity index (χ4v) is 10.3. The van der Waals surface area contributed by atoms with Crippen molar-refractivity contribution in [1.29, 1.82) is 5.26 Å². The van der Waals surface area contributed by atoms with Crippen LogP contribution in [0.4, 0.5) is 20.2 Å². The lowest BCUT2D eigenvalue weighted by molar-refractivity contribution is 0.0885. The molecule has 0 saturated heterocycles. The minimum absolute atomic E-state index is 0.109. The number of rotatable bonds is 17. The van der Waals surface area contributed by atoms with E-state index in [1.165, 1.54) is 38.4 Å². The Kier molecular flexibility index (Phi) is 15.5. The number of hydrogen-bond donors (Lipinski definition) is 6. The van der Waals surface area contributed by atoms with Crippen molar-refractivity contribution < 1.29 is 36.8 Å². The summed E-state index contributed by atoms with van der Waals surface area (Å²) in [5.74, 6) is 1.35. The molecular weight excluding hydrogens is 989 g/mol. The average molecular weight is 1050 g/mol. The van der Waals surface area contributed by atoms with Gasteiger partial charge in [-0.15, -0.1) is 6.42 Å². The van der Waals surface area contributed by atoms with Gasteiger partial charge < -0.3 is 40.7 Å². The van der Waals surface area contributed by atoms with E-state index in [0.717, 1.165) is 24.1 Å². The molecule has 1 aliphatic rings. The molecule has 2 atom stereocenters. The summed E-state index contributed by atoms with van der Waals surface area (Å²) in [6, 6.07) is 35.4. The SMILES string of the molecule is C#CC1(NC(=O)c2cccc(-c3cc4c(C(=O)NC)c(-c5ccc(F)cc5)oc4cc3NCC)c2)CCCC(CCNc2cc3oc(-c4ccc(F)cc4)c(C(=O)NC)c3cc2-c2cccc(C(=O)NCC(C)(C)C#N)c2)C1. The minimum atomic E-state index is -0.936. The zero-order valence-electron chi connectivity index (χ0n) is 44.0. The molecule has 0 aliphatic heterocycles. The van der Waals surface area contributed by atoms with E-state index in [2.05, 4.69) is 43.9 Å². The first-order chi connectivity index (χ1) is 37.6. The van der Waals surface area contributed by atoms with Crippen molar-refractivity contribution in [3.8, 4) is 63.3 Å². The maximum Gasteiger partial charge on any atom is 0.255 e. The van der Waals surface area contributed by atoms with E-state index in [4.69, 9.17) is 15.3 Å². The summed E-state index contributed by atoms with van der Waals surface area (Å²) in [6.45, 7) is 6.67. The van der Waals surface area contributed by atoms with E-state index in [1.807, 2.05) is 43.3 Å². The van der Waals surface area contributed by atoms with Crippen molar-refractivity contribution in [2.24, 2.45) is 11.3 Å². The lowest BCUT2D eigenvalue weighted by Gasteiger charge is -2.38. The van der Waals surface area contributed by atoms with Crippen molar-refractivity contribution in [1.82, 2.24) is 21.3 Å². The van der Waals surface area contributed by atoms with Gasteiger partial charge in [-0.05, 0) is 148 Å². The first kappa shape index (κ1) is 53.6. The Bertz CT molecular complexity index is 3700. The summed E-state index contributed by atoms with van der Waals surface area (Å²) in [7, 11) is 3.06. The molecule has 0 spiro atoms. The number of nitriles is 1. The molecule has 2 heterocycles. The fourth-order valence-electron chi connectivity index (χ4n) is 10.3. The molecule has 1 saturated carbocycles. The molecule has 9 rings (SSSR count). The second-order valence-electron chi connectivity index (χ2n) is 20.3. The summed E-state index contributed by atoms with van der Waals surface area (Å²) < 4.78 is 40.7. The van der Waals surface area contributed by atoms with E-state index in [0.29, 0.717) is 110 Å². The molecule has 1 fully saturated rings. The molecule has 4 amide bonds. The highest BCUT2D eigenvalue weighted by Gasteiger charge is 2.37. The largest absolute Gasteiger partial charge is 0.455 e. The number of terminal acetylenes is 1. The quantitative estimate of drug-likeness (QED) is 0.0482. The van der Waals surface area contributed by atoms with E-state index >= 15 is 0 Å². The van der Waals surface area contributed by atoms with E-state index < -0.39 is 28.5 Å². The van der Waals surface area contributed by atoms with Crippen LogP contribution in [0.15, 0.2) is 130 Å². The smallest absolute Gasteiger partial charge is 0.255 e. The number of fused-ring (bicyclic) bond motifs is 2. The van der Waals surface area contributed by atoms with Crippen LogP contribution in [0.1, 0.15) is 94.3 Å². The van der Waals surface area contributed by atoms with Crippen LogP contribution in [0.2, 0.25) is 0 Å². The summed E-state index contributed by atoms with van der Waals surface area (Å²) in [4.78, 5) is 54.9. The normalized spacial score (nSPS) is 15.2. The van der Waals surface area contributed by atoms with Gasteiger partial charge in [-0.2, -0.15) is 5.26 Å². The fraction of sp³-hybridized carbons (Fsp3) is 0.254. The number of carbonyl (C=O) groups is 4. The van der Waals surface area contributed by atoms with Gasteiger partial charge in [0.05, 0.1) is 22.6 Å². The zero-order valence-corrected chi connectivity index (χ0v) is 44.0. The topological polar surface area (TPSA) is 191 Å². The number of carbonyl (C=O) groups excluding carboxylic acids is 4. The number of halogens is 2. The lowest BCUT2D eigenvalue weighted by Crippen LogP contribution is -2.50. The molecule has 396 valence electrons. The third kappa shape index (κ3) is 11.2. The molecule has 6 N–H and O–H groups in total. The molecule has 1 aliphatic carbocycles. The van der Waals surface area contributed by atoms with Crippen molar-refractivity contribution in [3.05, 3.63) is 155 Å². The van der Waals surface area contributed by atoms with Gasteiger partial charge >= 0.3 is 0 Å². The molecule has 15 heteroatoms. The molecule has 2 unspecified atom stereocenters. The van der Waals surface area contributed by atoms with E-state index in [9.17, 15) is 33.2 Å². The molecule has 0 radical (unpaired) electrons. The van der Waals surface area contributed by atoms with Crippen molar-refractivity contribution in [2.75, 3.05) is 44.4 Å². The molecule has 13 nitrogen and oxygen atoms in total. The van der Waals surface area contributed by atoms with Crippen LogP contribution in [0, 0.1) is 46.6 Å². The van der Waals surface area contributed by atoms with Crippen LogP contribution >= 0.6 is 0 Å². The van der Waals surface area contributed by atoms with Gasteiger partial charge in [-0.25, -0.2) is 8.78 Å². The molecule has 2 aromatic heterocycles. The van der Waals surface area contributed by atoms with Crippen LogP contribution in [0.3, 0.4) is 0 Å². The third-order valence-corrected chi connectivity index (χ3v) is 14.4. The lowest BCUT2D eigenvalue weighted by atomic mass is 9.74. The highest BCUT2D eigenvalue weighted by Crippen LogP contribution is 2.43. The Hall–Kier alpha value is -9.21. The summed E-state index contributed by atoms with van der Waals surface area (Å²) in [5.41, 5.74) is 5.76. The van der Waals surface area contributed by atoms with Crippen molar-refractivity contribution >= 4 is 56.9 Å². The van der Waals surface area contributed by atoms with Gasteiger partial charge in [0.2, 0.25) is 0 Å². The minimum Gasteiger partial charge on any atom is -0.455 e. The Labute approximate surface area is 451 Å². The van der Waals surface area contributed by atoms with Crippen LogP contribution < -0.4 is 31.9 Å². The number of nitrogens with zero attached hydrogens (tertiary/aromatic N) is 1. The molecule has 6 aromatic carbocycles. The summed E-state index contributed by atoms with van der Waals surface area (Å²) in [6.07, 6.45) is 9.78. The first-order valence-corrected chi connectivity index (χ1v) is 25.9. The van der Waals surface area contributed by atoms with Crippen LogP contribution in [0.5, 0.6) is 0 Å². The highest BCUT2D eigenvalue weighted by molar-refractivity contribution is 6.14. The average Bonchev–Trinajstić information content (AvgIpc) is 4.08. The Morgan fingerprint density at radius 1 is 0.692 bits per heavy atom. The van der Waals surface area contributed by atoms with Crippen LogP contribution in [0.25, 0.3) is 66.8 Å². The summed E-state index contributed by atoms with van der Waals surface area (Å²) in [5, 5.41) is 29.2. The second kappa shape index (κ2) is 22.6. The van der Waals surface area contributed by atoms with Gasteiger partial charge in [0.25, 0.3) is 23.6 Å². The maximum absolute atomic E-state index is 14.4. The van der Waals surface area contributed by atoms with Crippen molar-refractivity contribution in [3.63, 3.8) is 0 Å². The van der Waals surface area contributed by atoms with Gasteiger partial charge in [-0.3, -0.25) is 19.2 Å². The third-order valence-electron chi connectivity index (χ3n) is 14.4. The predicted octanol–water partition coefficient (Wildman–Crippen LogP) is 12.3. The Morgan fingerprint density at radius 3 is 1.69 bits per heavy atom. The monoisotopic (exact) mass is 1050 g/mol. The van der Waals surface area contributed by atoms with Gasteiger partial charge in [0, 0.05) is 101 Å². The predicted molar refractivity (Wildman–Crippen MR) is 301 cm³/mol. The van der Waals surface area contributed by atoms with Gasteiger partial charge in [0.1, 0.15) is 39.9 Å². The number of furan rings is 2. The van der Waals surface area contributed by atoms with E-state index in [1.54, 1.807) is 74.5 Å². The number of hydrogen-bond acceptors (Lipinski definition) is 9. The van der Waals surface area contributed by atoms with Gasteiger partial charge in [-0.1, -0.05) is 36.6 Å². The Balaban J connectivity index is 0.974. The van der Waals surface area contributed by atoms with Crippen molar-refractivity contribution in [2.45, 2.75) is 58.4 Å². The maximum atomic E-state index is 14.4. The molecule has 0 bridgehead atoms. The zero-order chi connectivity index (χ0) is 55.3. The number of benzene rings is 6. The molecule has 8 aromatic rings. The summed E-state index contributed by atoms with van der Waals surface area (Å²) >= 11 is 0. The number of nitrogens with one attached hydrogen (secondary N) is 6. The second-order valence-corrected chi connectivity index (χ2v) is 20.3. The molecule has 78 heavy (non-hydrogen) atoms.